The molecule has 0 N–H and O–H groups in total. The van der Waals surface area contributed by atoms with Crippen LogP contribution in [0.1, 0.15) is 43.1 Å². The van der Waals surface area contributed by atoms with E-state index < -0.39 is 5.97 Å². The van der Waals surface area contributed by atoms with Crippen molar-refractivity contribution in [2.24, 2.45) is 0 Å². The van der Waals surface area contributed by atoms with Gasteiger partial charge in [0.15, 0.2) is 11.5 Å². The lowest BCUT2D eigenvalue weighted by Gasteiger charge is -2.03. The molecular weight excluding hydrogens is 306 g/mol. The summed E-state index contributed by atoms with van der Waals surface area (Å²) in [7, 11) is 0. The molecule has 0 saturated carbocycles. The van der Waals surface area contributed by atoms with E-state index >= 15 is 0 Å². The van der Waals surface area contributed by atoms with Crippen molar-refractivity contribution in [1.82, 2.24) is 24.6 Å². The van der Waals surface area contributed by atoms with E-state index in [1.165, 1.54) is 4.52 Å². The SMILES string of the molecule is CCCCCCOC(=O)c1ccn2nc(-c3cccnc3)nc2n1. The Hall–Kier alpha value is -2.83. The van der Waals surface area contributed by atoms with Crippen molar-refractivity contribution in [2.75, 3.05) is 6.61 Å². The van der Waals surface area contributed by atoms with E-state index in [1.54, 1.807) is 24.7 Å². The number of hydrogen-bond donors (Lipinski definition) is 0. The van der Waals surface area contributed by atoms with Crippen molar-refractivity contribution >= 4 is 11.7 Å². The highest BCUT2D eigenvalue weighted by atomic mass is 16.5. The van der Waals surface area contributed by atoms with E-state index in [-0.39, 0.29) is 5.69 Å². The van der Waals surface area contributed by atoms with Crippen LogP contribution < -0.4 is 0 Å². The Morgan fingerprint density at radius 3 is 2.92 bits per heavy atom. The van der Waals surface area contributed by atoms with Gasteiger partial charge in [-0.2, -0.15) is 4.98 Å². The molecule has 0 spiro atoms. The summed E-state index contributed by atoms with van der Waals surface area (Å²) in [5.41, 5.74) is 1.03. The van der Waals surface area contributed by atoms with Crippen molar-refractivity contribution in [3.63, 3.8) is 0 Å². The molecule has 0 bridgehead atoms. The van der Waals surface area contributed by atoms with Crippen LogP contribution in [0.2, 0.25) is 0 Å². The zero-order valence-corrected chi connectivity index (χ0v) is 13.6. The van der Waals surface area contributed by atoms with Crippen LogP contribution in [0, 0.1) is 0 Å². The first-order chi connectivity index (χ1) is 11.8. The molecule has 0 aliphatic carbocycles. The maximum atomic E-state index is 12.0. The normalized spacial score (nSPS) is 10.9. The summed E-state index contributed by atoms with van der Waals surface area (Å²) in [6.07, 6.45) is 9.26. The monoisotopic (exact) mass is 325 g/mol. The lowest BCUT2D eigenvalue weighted by Crippen LogP contribution is -2.09. The molecule has 3 heterocycles. The molecular formula is C17H19N5O2. The fourth-order valence-corrected chi connectivity index (χ4v) is 2.28. The van der Waals surface area contributed by atoms with Gasteiger partial charge in [0, 0.05) is 24.2 Å². The molecule has 24 heavy (non-hydrogen) atoms. The molecule has 0 unspecified atom stereocenters. The zero-order valence-electron chi connectivity index (χ0n) is 13.6. The molecule has 3 rings (SSSR count). The average molecular weight is 325 g/mol. The summed E-state index contributed by atoms with van der Waals surface area (Å²) in [5, 5.41) is 4.33. The third kappa shape index (κ3) is 3.73. The van der Waals surface area contributed by atoms with Gasteiger partial charge >= 0.3 is 5.97 Å². The van der Waals surface area contributed by atoms with Crippen molar-refractivity contribution in [3.8, 4) is 11.4 Å². The Kier molecular flexibility index (Phi) is 5.10. The van der Waals surface area contributed by atoms with Crippen LogP contribution in [0.15, 0.2) is 36.8 Å². The van der Waals surface area contributed by atoms with Crippen molar-refractivity contribution in [2.45, 2.75) is 32.6 Å². The summed E-state index contributed by atoms with van der Waals surface area (Å²) in [5.74, 6) is 0.440. The van der Waals surface area contributed by atoms with E-state index in [4.69, 9.17) is 4.74 Å². The Morgan fingerprint density at radius 1 is 1.21 bits per heavy atom. The molecule has 0 aliphatic heterocycles. The molecule has 124 valence electrons. The molecule has 0 atom stereocenters. The fraction of sp³-hybridized carbons (Fsp3) is 0.353. The van der Waals surface area contributed by atoms with Gasteiger partial charge in [-0.05, 0) is 24.6 Å². The molecule has 7 heteroatoms. The van der Waals surface area contributed by atoms with Gasteiger partial charge in [-0.15, -0.1) is 5.10 Å². The van der Waals surface area contributed by atoms with Crippen LogP contribution in [0.3, 0.4) is 0 Å². The van der Waals surface area contributed by atoms with E-state index in [0.717, 1.165) is 31.2 Å². The van der Waals surface area contributed by atoms with Gasteiger partial charge < -0.3 is 4.74 Å². The summed E-state index contributed by atoms with van der Waals surface area (Å²) in [4.78, 5) is 24.7. The Morgan fingerprint density at radius 2 is 2.12 bits per heavy atom. The number of ether oxygens (including phenoxy) is 1. The number of esters is 1. The molecule has 0 radical (unpaired) electrons. The third-order valence-electron chi connectivity index (χ3n) is 3.57. The number of unbranched alkanes of at least 4 members (excludes halogenated alkanes) is 3. The third-order valence-corrected chi connectivity index (χ3v) is 3.57. The fourth-order valence-electron chi connectivity index (χ4n) is 2.28. The molecule has 3 aromatic heterocycles. The number of nitrogens with zero attached hydrogens (tertiary/aromatic N) is 5. The number of carbonyl (C=O) groups is 1. The topological polar surface area (TPSA) is 82.3 Å². The van der Waals surface area contributed by atoms with Crippen LogP contribution in [-0.2, 0) is 4.74 Å². The summed E-state index contributed by atoms with van der Waals surface area (Å²) in [6, 6.07) is 5.27. The van der Waals surface area contributed by atoms with Gasteiger partial charge in [0.05, 0.1) is 6.61 Å². The van der Waals surface area contributed by atoms with Crippen LogP contribution in [0.5, 0.6) is 0 Å². The minimum absolute atomic E-state index is 0.239. The predicted molar refractivity (Wildman–Crippen MR) is 88.4 cm³/mol. The minimum Gasteiger partial charge on any atom is -0.461 e. The molecule has 3 aromatic rings. The molecule has 0 saturated heterocycles. The van der Waals surface area contributed by atoms with Gasteiger partial charge in [-0.3, -0.25) is 4.98 Å². The summed E-state index contributed by atoms with van der Waals surface area (Å²) >= 11 is 0. The van der Waals surface area contributed by atoms with Crippen molar-refractivity contribution in [3.05, 3.63) is 42.5 Å². The number of fused-ring (bicyclic) bond motifs is 1. The smallest absolute Gasteiger partial charge is 0.357 e. The van der Waals surface area contributed by atoms with E-state index in [9.17, 15) is 4.79 Å². The van der Waals surface area contributed by atoms with Gasteiger partial charge in [0.1, 0.15) is 0 Å². The zero-order chi connectivity index (χ0) is 16.8. The standard InChI is InChI=1S/C17H19N5O2/c1-2-3-4-5-11-24-16(23)14-8-10-22-17(19-14)20-15(21-22)13-7-6-9-18-12-13/h6-10,12H,2-5,11H2,1H3. The number of aromatic nitrogens is 5. The number of hydrogen-bond acceptors (Lipinski definition) is 6. The largest absolute Gasteiger partial charge is 0.461 e. The van der Waals surface area contributed by atoms with Crippen LogP contribution in [-0.4, -0.2) is 37.1 Å². The predicted octanol–water partition coefficient (Wildman–Crippen LogP) is 2.92. The van der Waals surface area contributed by atoms with Crippen molar-refractivity contribution < 1.29 is 9.53 Å². The first kappa shape index (κ1) is 16.0. The van der Waals surface area contributed by atoms with Gasteiger partial charge in [0.25, 0.3) is 5.78 Å². The quantitative estimate of drug-likeness (QED) is 0.491. The molecule has 0 amide bonds. The molecule has 0 aromatic carbocycles. The Balaban J connectivity index is 1.70. The highest BCUT2D eigenvalue weighted by Crippen LogP contribution is 2.14. The Bertz CT molecular complexity index is 816. The second kappa shape index (κ2) is 7.63. The number of rotatable bonds is 7. The average Bonchev–Trinajstić information content (AvgIpc) is 3.05. The Labute approximate surface area is 139 Å². The second-order valence-corrected chi connectivity index (χ2v) is 5.43. The maximum absolute atomic E-state index is 12.0. The summed E-state index contributed by atoms with van der Waals surface area (Å²) in [6.45, 7) is 2.56. The summed E-state index contributed by atoms with van der Waals surface area (Å²) < 4.78 is 6.77. The number of pyridine rings is 1. The van der Waals surface area contributed by atoms with Crippen LogP contribution >= 0.6 is 0 Å². The minimum atomic E-state index is -0.431. The van der Waals surface area contributed by atoms with E-state index in [2.05, 4.69) is 27.0 Å². The first-order valence-electron chi connectivity index (χ1n) is 8.09. The highest BCUT2D eigenvalue weighted by molar-refractivity contribution is 5.87. The molecule has 0 fully saturated rings. The van der Waals surface area contributed by atoms with E-state index in [1.807, 2.05) is 12.1 Å². The first-order valence-corrected chi connectivity index (χ1v) is 8.09. The van der Waals surface area contributed by atoms with Crippen molar-refractivity contribution in [1.29, 1.82) is 0 Å². The number of carbonyl (C=O) groups excluding carboxylic acids is 1. The maximum Gasteiger partial charge on any atom is 0.357 e. The van der Waals surface area contributed by atoms with Gasteiger partial charge in [-0.25, -0.2) is 14.3 Å². The molecule has 0 aliphatic rings. The second-order valence-electron chi connectivity index (χ2n) is 5.43. The van der Waals surface area contributed by atoms with Crippen LogP contribution in [0.25, 0.3) is 17.2 Å². The lowest BCUT2D eigenvalue weighted by molar-refractivity contribution is 0.0491. The van der Waals surface area contributed by atoms with Gasteiger partial charge in [-0.1, -0.05) is 26.2 Å². The van der Waals surface area contributed by atoms with Gasteiger partial charge in [0.2, 0.25) is 0 Å². The highest BCUT2D eigenvalue weighted by Gasteiger charge is 2.13. The van der Waals surface area contributed by atoms with Crippen LogP contribution in [0.4, 0.5) is 0 Å². The lowest BCUT2D eigenvalue weighted by atomic mass is 10.2. The molecule has 7 nitrogen and oxygen atoms in total. The van der Waals surface area contributed by atoms with E-state index in [0.29, 0.717) is 18.2 Å².